The van der Waals surface area contributed by atoms with Crippen LogP contribution in [0, 0.1) is 0 Å². The van der Waals surface area contributed by atoms with Crippen LogP contribution in [0.2, 0.25) is 0 Å². The van der Waals surface area contributed by atoms with Gasteiger partial charge in [-0.1, -0.05) is 23.9 Å². The van der Waals surface area contributed by atoms with E-state index in [4.69, 9.17) is 10.2 Å². The van der Waals surface area contributed by atoms with Crippen LogP contribution in [0.1, 0.15) is 0 Å². The van der Waals surface area contributed by atoms with E-state index in [1.54, 1.807) is 18.2 Å². The normalized spacial score (nSPS) is 9.70. The first-order chi connectivity index (χ1) is 4.84. The Morgan fingerprint density at radius 3 is 2.60 bits per heavy atom. The Hall–Kier alpha value is -0.670. The van der Waals surface area contributed by atoms with Crippen molar-refractivity contribution in [3.8, 4) is 5.75 Å². The number of hydrogen-bond donors (Lipinski definition) is 2. The van der Waals surface area contributed by atoms with Gasteiger partial charge in [-0.05, 0) is 12.1 Å². The van der Waals surface area contributed by atoms with Gasteiger partial charge in [-0.25, -0.2) is 0 Å². The lowest BCUT2D eigenvalue weighted by molar-refractivity contribution is 0.374. The van der Waals surface area contributed by atoms with Gasteiger partial charge in [0.2, 0.25) is 0 Å². The van der Waals surface area contributed by atoms with Crippen LogP contribution in [0.25, 0.3) is 0 Å². The van der Waals surface area contributed by atoms with Crippen LogP contribution in [0.15, 0.2) is 29.2 Å². The minimum atomic E-state index is -0.00241. The van der Waals surface area contributed by atoms with E-state index in [0.29, 0.717) is 4.90 Å². The van der Waals surface area contributed by atoms with Crippen molar-refractivity contribution in [2.75, 3.05) is 5.94 Å². The van der Waals surface area contributed by atoms with Crippen LogP contribution in [0.3, 0.4) is 0 Å². The molecule has 0 radical (unpaired) electrons. The lowest BCUT2D eigenvalue weighted by Crippen LogP contribution is -1.75. The van der Waals surface area contributed by atoms with Gasteiger partial charge in [0.15, 0.2) is 0 Å². The van der Waals surface area contributed by atoms with Crippen LogP contribution in [-0.4, -0.2) is 16.2 Å². The molecule has 10 heavy (non-hydrogen) atoms. The molecule has 0 aliphatic carbocycles. The number of hydrogen-bond acceptors (Lipinski definition) is 3. The van der Waals surface area contributed by atoms with E-state index in [0.717, 1.165) is 0 Å². The maximum atomic E-state index is 9.11. The Morgan fingerprint density at radius 1 is 1.30 bits per heavy atom. The van der Waals surface area contributed by atoms with Crippen molar-refractivity contribution >= 4 is 11.8 Å². The second-order valence-corrected chi connectivity index (χ2v) is 2.73. The molecular formula is C7H8O2S. The summed E-state index contributed by atoms with van der Waals surface area (Å²) in [6, 6.07) is 6.92. The molecule has 1 rings (SSSR count). The third kappa shape index (κ3) is 1.65. The predicted molar refractivity (Wildman–Crippen MR) is 41.0 cm³/mol. The standard InChI is InChI=1S/C7H8O2S/c8-5-10-7-4-2-1-3-6(7)9/h1-4,8-9H,5H2. The zero-order valence-corrected chi connectivity index (χ0v) is 6.14. The van der Waals surface area contributed by atoms with E-state index < -0.39 is 0 Å². The highest BCUT2D eigenvalue weighted by Crippen LogP contribution is 2.26. The molecule has 1 aromatic rings. The average molecular weight is 156 g/mol. The minimum absolute atomic E-state index is 0.00241. The van der Waals surface area contributed by atoms with Gasteiger partial charge >= 0.3 is 0 Å². The van der Waals surface area contributed by atoms with Crippen LogP contribution in [0.4, 0.5) is 0 Å². The number of phenolic OH excluding ortho intramolecular Hbond substituents is 1. The van der Waals surface area contributed by atoms with Crippen LogP contribution in [0.5, 0.6) is 5.75 Å². The molecule has 54 valence electrons. The van der Waals surface area contributed by atoms with Gasteiger partial charge in [0, 0.05) is 0 Å². The molecule has 2 nitrogen and oxygen atoms in total. The van der Waals surface area contributed by atoms with Crippen molar-refractivity contribution in [1.82, 2.24) is 0 Å². The summed E-state index contributed by atoms with van der Waals surface area (Å²) in [6.45, 7) is 0. The molecule has 0 aliphatic rings. The Kier molecular flexibility index (Phi) is 2.59. The second kappa shape index (κ2) is 3.49. The Balaban J connectivity index is 2.81. The number of aliphatic hydroxyl groups excluding tert-OH is 1. The first kappa shape index (κ1) is 7.44. The van der Waals surface area contributed by atoms with Gasteiger partial charge in [-0.15, -0.1) is 0 Å². The SMILES string of the molecule is OCSc1ccccc1O. The van der Waals surface area contributed by atoms with E-state index in [-0.39, 0.29) is 11.7 Å². The van der Waals surface area contributed by atoms with E-state index in [2.05, 4.69) is 0 Å². The maximum Gasteiger partial charge on any atom is 0.129 e. The Bertz CT molecular complexity index is 213. The van der Waals surface area contributed by atoms with E-state index >= 15 is 0 Å². The molecule has 3 heteroatoms. The number of rotatable bonds is 2. The molecule has 0 bridgehead atoms. The van der Waals surface area contributed by atoms with Gasteiger partial charge in [0.05, 0.1) is 10.8 Å². The minimum Gasteiger partial charge on any atom is -0.507 e. The van der Waals surface area contributed by atoms with Gasteiger partial charge in [-0.3, -0.25) is 0 Å². The number of aliphatic hydroxyl groups is 1. The molecule has 2 N–H and O–H groups in total. The number of phenols is 1. The monoisotopic (exact) mass is 156 g/mol. The van der Waals surface area contributed by atoms with Crippen molar-refractivity contribution < 1.29 is 10.2 Å². The third-order valence-corrected chi connectivity index (χ3v) is 1.87. The molecule has 0 amide bonds. The Morgan fingerprint density at radius 2 is 2.00 bits per heavy atom. The zero-order valence-electron chi connectivity index (χ0n) is 5.32. The van der Waals surface area contributed by atoms with E-state index in [9.17, 15) is 0 Å². The summed E-state index contributed by atoms with van der Waals surface area (Å²) in [4.78, 5) is 0.713. The summed E-state index contributed by atoms with van der Waals surface area (Å²) in [6.07, 6.45) is 0. The molecule has 0 aliphatic heterocycles. The third-order valence-electron chi connectivity index (χ3n) is 1.09. The van der Waals surface area contributed by atoms with Crippen molar-refractivity contribution in [2.45, 2.75) is 4.90 Å². The molecule has 0 fully saturated rings. The van der Waals surface area contributed by atoms with Gasteiger partial charge in [0.25, 0.3) is 0 Å². The molecule has 0 unspecified atom stereocenters. The fourth-order valence-electron chi connectivity index (χ4n) is 0.649. The molecular weight excluding hydrogens is 148 g/mol. The summed E-state index contributed by atoms with van der Waals surface area (Å²) >= 11 is 1.21. The highest BCUT2D eigenvalue weighted by atomic mass is 32.2. The van der Waals surface area contributed by atoms with Crippen molar-refractivity contribution in [3.63, 3.8) is 0 Å². The number of benzene rings is 1. The van der Waals surface area contributed by atoms with Gasteiger partial charge in [0.1, 0.15) is 5.75 Å². The molecule has 1 aromatic carbocycles. The number of aromatic hydroxyl groups is 1. The second-order valence-electron chi connectivity index (χ2n) is 1.74. The van der Waals surface area contributed by atoms with Crippen LogP contribution < -0.4 is 0 Å². The summed E-state index contributed by atoms with van der Waals surface area (Å²) < 4.78 is 0. The van der Waals surface area contributed by atoms with Crippen molar-refractivity contribution in [2.24, 2.45) is 0 Å². The molecule has 0 saturated carbocycles. The summed E-state index contributed by atoms with van der Waals surface area (Å²) in [5.74, 6) is 0.221. The lowest BCUT2D eigenvalue weighted by Gasteiger charge is -1.98. The summed E-state index contributed by atoms with van der Waals surface area (Å²) in [5.41, 5.74) is 0. The molecule has 0 spiro atoms. The predicted octanol–water partition coefficient (Wildman–Crippen LogP) is 1.43. The zero-order chi connectivity index (χ0) is 7.40. The average Bonchev–Trinajstić information content (AvgIpc) is 1.94. The van der Waals surface area contributed by atoms with Crippen LogP contribution in [-0.2, 0) is 0 Å². The molecule has 0 heterocycles. The highest BCUT2D eigenvalue weighted by Gasteiger charge is 1.96. The molecule has 0 saturated heterocycles. The van der Waals surface area contributed by atoms with E-state index in [1.807, 2.05) is 6.07 Å². The van der Waals surface area contributed by atoms with Gasteiger partial charge < -0.3 is 10.2 Å². The lowest BCUT2D eigenvalue weighted by atomic mass is 10.3. The summed E-state index contributed by atoms with van der Waals surface area (Å²) in [7, 11) is 0. The van der Waals surface area contributed by atoms with Crippen molar-refractivity contribution in [1.29, 1.82) is 0 Å². The molecule has 0 atom stereocenters. The smallest absolute Gasteiger partial charge is 0.129 e. The molecule has 0 aromatic heterocycles. The quantitative estimate of drug-likeness (QED) is 0.502. The summed E-state index contributed by atoms with van der Waals surface area (Å²) in [5, 5.41) is 17.6. The topological polar surface area (TPSA) is 40.5 Å². The first-order valence-electron chi connectivity index (χ1n) is 2.86. The fourth-order valence-corrected chi connectivity index (χ4v) is 1.18. The fraction of sp³-hybridized carbons (Fsp3) is 0.143. The highest BCUT2D eigenvalue weighted by molar-refractivity contribution is 7.99. The largest absolute Gasteiger partial charge is 0.507 e. The number of para-hydroxylation sites is 1. The van der Waals surface area contributed by atoms with E-state index in [1.165, 1.54) is 11.8 Å². The number of thioether (sulfide) groups is 1. The van der Waals surface area contributed by atoms with Crippen LogP contribution >= 0.6 is 11.8 Å². The Labute approximate surface area is 63.5 Å². The first-order valence-corrected chi connectivity index (χ1v) is 3.85. The van der Waals surface area contributed by atoms with Gasteiger partial charge in [-0.2, -0.15) is 0 Å². The maximum absolute atomic E-state index is 9.11. The van der Waals surface area contributed by atoms with Crippen molar-refractivity contribution in [3.05, 3.63) is 24.3 Å².